The molecule has 0 radical (unpaired) electrons. The number of rotatable bonds is 9. The fraction of sp³-hybridized carbons (Fsp3) is 0.235. The number of thiazole rings is 1. The molecular weight excluding hydrogens is 562 g/mol. The van der Waals surface area contributed by atoms with Crippen LogP contribution in [0.3, 0.4) is 0 Å². The van der Waals surface area contributed by atoms with E-state index in [4.69, 9.17) is 14.2 Å². The summed E-state index contributed by atoms with van der Waals surface area (Å²) < 4.78 is 19.5. The van der Waals surface area contributed by atoms with Crippen molar-refractivity contribution in [3.63, 3.8) is 0 Å². The number of benzene rings is 3. The van der Waals surface area contributed by atoms with Gasteiger partial charge in [0.25, 0.3) is 5.56 Å². The second kappa shape index (κ2) is 12.9. The van der Waals surface area contributed by atoms with Gasteiger partial charge in [-0.05, 0) is 63.6 Å². The van der Waals surface area contributed by atoms with Gasteiger partial charge in [0.1, 0.15) is 24.1 Å². The second-order valence-corrected chi connectivity index (χ2v) is 11.1. The smallest absolute Gasteiger partial charge is 0.338 e. The maximum absolute atomic E-state index is 14.0. The molecule has 43 heavy (non-hydrogen) atoms. The Labute approximate surface area is 253 Å². The van der Waals surface area contributed by atoms with Crippen LogP contribution >= 0.6 is 11.3 Å². The molecule has 0 unspecified atom stereocenters. The van der Waals surface area contributed by atoms with E-state index < -0.39 is 12.0 Å². The van der Waals surface area contributed by atoms with Gasteiger partial charge in [0.2, 0.25) is 0 Å². The molecule has 1 aliphatic rings. The Kier molecular flexibility index (Phi) is 8.88. The van der Waals surface area contributed by atoms with Gasteiger partial charge in [0, 0.05) is 11.1 Å². The van der Waals surface area contributed by atoms with Gasteiger partial charge in [-0.15, -0.1) is 0 Å². The van der Waals surface area contributed by atoms with Crippen molar-refractivity contribution < 1.29 is 19.0 Å². The zero-order chi connectivity index (χ0) is 30.5. The number of para-hydroxylation sites is 1. The normalized spacial score (nSPS) is 14.6. The largest absolute Gasteiger partial charge is 0.491 e. The van der Waals surface area contributed by atoms with Crippen molar-refractivity contribution in [1.29, 1.82) is 5.26 Å². The van der Waals surface area contributed by atoms with E-state index in [1.807, 2.05) is 80.6 Å². The molecule has 0 saturated heterocycles. The molecule has 0 spiro atoms. The lowest BCUT2D eigenvalue weighted by molar-refractivity contribution is -0.139. The molecule has 1 aliphatic heterocycles. The molecule has 1 aromatic heterocycles. The molecule has 0 bridgehead atoms. The average molecular weight is 594 g/mol. The molecule has 1 atom stereocenters. The molecular formula is C34H31N3O5S. The molecule has 5 rings (SSSR count). The van der Waals surface area contributed by atoms with Crippen molar-refractivity contribution in [3.05, 3.63) is 126 Å². The topological polar surface area (TPSA) is 103 Å². The third-order valence-electron chi connectivity index (χ3n) is 6.78. The van der Waals surface area contributed by atoms with Crippen LogP contribution in [0, 0.1) is 11.3 Å². The summed E-state index contributed by atoms with van der Waals surface area (Å²) in [6, 6.07) is 23.5. The first-order valence-electron chi connectivity index (χ1n) is 14.0. The predicted molar refractivity (Wildman–Crippen MR) is 165 cm³/mol. The summed E-state index contributed by atoms with van der Waals surface area (Å²) in [5, 5.41) is 9.37. The molecule has 9 heteroatoms. The van der Waals surface area contributed by atoms with E-state index in [9.17, 15) is 14.9 Å². The SMILES string of the molecule is CCOC(=O)C1=C(C)N=c2s/c(=C\c3cccc(OCc4ccccc4C#N)c3)c(=O)n2[C@H]1c1ccccc1OC(C)C. The molecule has 4 aromatic rings. The number of allylic oxidation sites excluding steroid dienone is 1. The molecule has 218 valence electrons. The highest BCUT2D eigenvalue weighted by atomic mass is 32.1. The van der Waals surface area contributed by atoms with Crippen molar-refractivity contribution in [2.45, 2.75) is 46.4 Å². The molecule has 0 aliphatic carbocycles. The number of hydrogen-bond acceptors (Lipinski definition) is 8. The number of esters is 1. The van der Waals surface area contributed by atoms with Crippen LogP contribution in [0.5, 0.6) is 11.5 Å². The first kappa shape index (κ1) is 29.5. The fourth-order valence-electron chi connectivity index (χ4n) is 4.92. The maximum Gasteiger partial charge on any atom is 0.338 e. The highest BCUT2D eigenvalue weighted by Crippen LogP contribution is 2.36. The Hall–Kier alpha value is -4.94. The van der Waals surface area contributed by atoms with Crippen LogP contribution in [-0.4, -0.2) is 23.2 Å². The average Bonchev–Trinajstić information content (AvgIpc) is 3.29. The number of carbonyl (C=O) groups is 1. The van der Waals surface area contributed by atoms with Gasteiger partial charge in [-0.3, -0.25) is 9.36 Å². The van der Waals surface area contributed by atoms with Crippen LogP contribution < -0.4 is 24.4 Å². The van der Waals surface area contributed by atoms with Crippen molar-refractivity contribution >= 4 is 23.4 Å². The van der Waals surface area contributed by atoms with Crippen LogP contribution in [0.2, 0.25) is 0 Å². The van der Waals surface area contributed by atoms with Crippen LogP contribution in [0.15, 0.2) is 93.9 Å². The summed E-state index contributed by atoms with van der Waals surface area (Å²) in [6.07, 6.45) is 1.67. The lowest BCUT2D eigenvalue weighted by atomic mass is 9.95. The van der Waals surface area contributed by atoms with E-state index in [0.717, 1.165) is 11.1 Å². The number of aromatic nitrogens is 1. The Balaban J connectivity index is 1.57. The van der Waals surface area contributed by atoms with Crippen LogP contribution in [0.25, 0.3) is 6.08 Å². The Morgan fingerprint density at radius 1 is 1.12 bits per heavy atom. The highest BCUT2D eigenvalue weighted by molar-refractivity contribution is 7.07. The van der Waals surface area contributed by atoms with Crippen LogP contribution in [-0.2, 0) is 16.1 Å². The quantitative estimate of drug-likeness (QED) is 0.252. The Morgan fingerprint density at radius 2 is 1.88 bits per heavy atom. The number of hydrogen-bond donors (Lipinski definition) is 0. The number of carbonyl (C=O) groups excluding carboxylic acids is 1. The fourth-order valence-corrected chi connectivity index (χ4v) is 5.96. The van der Waals surface area contributed by atoms with E-state index in [-0.39, 0.29) is 24.9 Å². The van der Waals surface area contributed by atoms with E-state index in [2.05, 4.69) is 11.1 Å². The summed E-state index contributed by atoms with van der Waals surface area (Å²) in [6.45, 7) is 7.79. The number of nitriles is 1. The van der Waals surface area contributed by atoms with E-state index in [1.54, 1.807) is 30.6 Å². The monoisotopic (exact) mass is 593 g/mol. The minimum absolute atomic E-state index is 0.115. The van der Waals surface area contributed by atoms with E-state index >= 15 is 0 Å². The molecule has 2 heterocycles. The summed E-state index contributed by atoms with van der Waals surface area (Å²) >= 11 is 1.25. The van der Waals surface area contributed by atoms with Gasteiger partial charge >= 0.3 is 5.97 Å². The lowest BCUT2D eigenvalue weighted by Crippen LogP contribution is -2.40. The van der Waals surface area contributed by atoms with E-state index in [1.165, 1.54) is 11.3 Å². The third kappa shape index (κ3) is 6.30. The van der Waals surface area contributed by atoms with Crippen molar-refractivity contribution in [2.24, 2.45) is 4.99 Å². The van der Waals surface area contributed by atoms with Crippen molar-refractivity contribution in [2.75, 3.05) is 6.61 Å². The molecule has 0 N–H and O–H groups in total. The van der Waals surface area contributed by atoms with Gasteiger partial charge < -0.3 is 14.2 Å². The zero-order valence-electron chi connectivity index (χ0n) is 24.4. The molecule has 3 aromatic carbocycles. The van der Waals surface area contributed by atoms with Gasteiger partial charge in [-0.25, -0.2) is 9.79 Å². The third-order valence-corrected chi connectivity index (χ3v) is 7.76. The van der Waals surface area contributed by atoms with Crippen molar-refractivity contribution in [3.8, 4) is 17.6 Å². The highest BCUT2D eigenvalue weighted by Gasteiger charge is 2.35. The number of fused-ring (bicyclic) bond motifs is 1. The first-order valence-corrected chi connectivity index (χ1v) is 14.8. The predicted octanol–water partition coefficient (Wildman–Crippen LogP) is 5.04. The van der Waals surface area contributed by atoms with Crippen LogP contribution in [0.4, 0.5) is 0 Å². The lowest BCUT2D eigenvalue weighted by Gasteiger charge is -2.26. The van der Waals surface area contributed by atoms with Gasteiger partial charge in [0.05, 0.1) is 40.1 Å². The number of nitrogens with zero attached hydrogens (tertiary/aromatic N) is 3. The Bertz CT molecular complexity index is 1930. The van der Waals surface area contributed by atoms with Gasteiger partial charge in [-0.1, -0.05) is 59.9 Å². The maximum atomic E-state index is 14.0. The summed E-state index contributed by atoms with van der Waals surface area (Å²) in [5.74, 6) is 0.661. The second-order valence-electron chi connectivity index (χ2n) is 10.1. The Morgan fingerprint density at radius 3 is 2.65 bits per heavy atom. The molecule has 8 nitrogen and oxygen atoms in total. The van der Waals surface area contributed by atoms with Crippen molar-refractivity contribution in [1.82, 2.24) is 4.57 Å². The summed E-state index contributed by atoms with van der Waals surface area (Å²) in [7, 11) is 0. The first-order chi connectivity index (χ1) is 20.8. The summed E-state index contributed by atoms with van der Waals surface area (Å²) in [5.41, 5.74) is 3.30. The minimum atomic E-state index is -0.776. The van der Waals surface area contributed by atoms with Gasteiger partial charge in [0.15, 0.2) is 4.80 Å². The minimum Gasteiger partial charge on any atom is -0.491 e. The molecule has 0 amide bonds. The zero-order valence-corrected chi connectivity index (χ0v) is 25.2. The number of ether oxygens (including phenoxy) is 3. The molecule has 0 saturated carbocycles. The summed E-state index contributed by atoms with van der Waals surface area (Å²) in [4.78, 5) is 32.4. The standard InChI is InChI=1S/C34H31N3O5S/c1-5-40-33(39)30-22(4)36-34-37(31(30)27-15-8-9-16-28(27)42-21(2)3)32(38)29(43-34)18-23-11-10-14-26(17-23)41-20-25-13-7-6-12-24(25)19-35/h6-18,21,31H,5,20H2,1-4H3/b29-18-/t31-/m0/s1. The van der Waals surface area contributed by atoms with Crippen LogP contribution in [0.1, 0.15) is 56.0 Å². The van der Waals surface area contributed by atoms with Gasteiger partial charge in [-0.2, -0.15) is 5.26 Å². The molecule has 0 fully saturated rings. The van der Waals surface area contributed by atoms with E-state index in [0.29, 0.717) is 43.2 Å².